The molecule has 5 nitrogen and oxygen atoms in total. The summed E-state index contributed by atoms with van der Waals surface area (Å²) < 4.78 is 28.2. The lowest BCUT2D eigenvalue weighted by Gasteiger charge is -2.09. The third-order valence-electron chi connectivity index (χ3n) is 2.86. The molecule has 0 radical (unpaired) electrons. The van der Waals surface area contributed by atoms with Crippen LogP contribution in [-0.4, -0.2) is 23.6 Å². The van der Waals surface area contributed by atoms with Crippen LogP contribution >= 0.6 is 11.6 Å². The summed E-state index contributed by atoms with van der Waals surface area (Å²) in [5.74, 6) is -2.87. The number of carboxylic acids is 1. The predicted molar refractivity (Wildman–Crippen MR) is 65.9 cm³/mol. The summed E-state index contributed by atoms with van der Waals surface area (Å²) >= 11 is 5.73. The van der Waals surface area contributed by atoms with Gasteiger partial charge in [0.25, 0.3) is 0 Å². The molecular weight excluding hydrogens is 296 g/mol. The molecule has 1 saturated carbocycles. The molecule has 0 bridgehead atoms. The molecule has 0 heterocycles. The summed E-state index contributed by atoms with van der Waals surface area (Å²) in [5.41, 5.74) is 0.289. The number of carbonyl (C=O) groups excluding carboxylic acids is 1. The Morgan fingerprint density at radius 3 is 2.60 bits per heavy atom. The zero-order valence-electron chi connectivity index (χ0n) is 9.98. The summed E-state index contributed by atoms with van der Waals surface area (Å²) in [4.78, 5) is 22.3. The number of nitrogens with one attached hydrogen (secondary N) is 1. The van der Waals surface area contributed by atoms with Crippen LogP contribution in [0.5, 0.6) is 5.75 Å². The Labute approximate surface area is 117 Å². The molecule has 0 aliphatic heterocycles. The van der Waals surface area contributed by atoms with Gasteiger partial charge in [0.15, 0.2) is 0 Å². The Morgan fingerprint density at radius 2 is 2.10 bits per heavy atom. The van der Waals surface area contributed by atoms with E-state index in [1.807, 2.05) is 0 Å². The van der Waals surface area contributed by atoms with E-state index in [-0.39, 0.29) is 16.5 Å². The number of rotatable bonds is 5. The van der Waals surface area contributed by atoms with Crippen molar-refractivity contribution >= 4 is 29.2 Å². The summed E-state index contributed by atoms with van der Waals surface area (Å²) in [5, 5.41) is 11.1. The number of anilines is 1. The maximum absolute atomic E-state index is 12.0. The number of ether oxygens (including phenoxy) is 1. The standard InChI is InChI=1S/C12H10ClF2NO4/c13-8-3-5(1-2-9(8)20-12(14)15)16-10(17)6-4-7(6)11(18)19/h1-3,6-7,12H,4H2,(H,16,17)(H,18,19). The average Bonchev–Trinajstić information content (AvgIpc) is 3.12. The molecule has 108 valence electrons. The molecule has 1 aromatic rings. The van der Waals surface area contributed by atoms with Crippen molar-refractivity contribution in [3.8, 4) is 5.75 Å². The second kappa shape index (κ2) is 5.62. The van der Waals surface area contributed by atoms with Gasteiger partial charge in [-0.2, -0.15) is 8.78 Å². The highest BCUT2D eigenvalue weighted by Gasteiger charge is 2.48. The van der Waals surface area contributed by atoms with Crippen LogP contribution in [0.2, 0.25) is 5.02 Å². The van der Waals surface area contributed by atoms with Crippen molar-refractivity contribution in [3.63, 3.8) is 0 Å². The van der Waals surface area contributed by atoms with E-state index >= 15 is 0 Å². The SMILES string of the molecule is O=C(O)C1CC1C(=O)Nc1ccc(OC(F)F)c(Cl)c1. The fraction of sp³-hybridized carbons (Fsp3) is 0.333. The molecule has 8 heteroatoms. The smallest absolute Gasteiger partial charge is 0.387 e. The van der Waals surface area contributed by atoms with Gasteiger partial charge in [0, 0.05) is 5.69 Å². The lowest BCUT2D eigenvalue weighted by Crippen LogP contribution is -2.16. The van der Waals surface area contributed by atoms with Crippen molar-refractivity contribution in [2.24, 2.45) is 11.8 Å². The number of hydrogen-bond donors (Lipinski definition) is 2. The van der Waals surface area contributed by atoms with Crippen LogP contribution in [0.15, 0.2) is 18.2 Å². The second-order valence-electron chi connectivity index (χ2n) is 4.30. The van der Waals surface area contributed by atoms with Crippen LogP contribution in [-0.2, 0) is 9.59 Å². The first-order valence-corrected chi connectivity index (χ1v) is 6.04. The van der Waals surface area contributed by atoms with E-state index in [1.165, 1.54) is 18.2 Å². The van der Waals surface area contributed by atoms with E-state index in [2.05, 4.69) is 10.1 Å². The fourth-order valence-corrected chi connectivity index (χ4v) is 1.99. The summed E-state index contributed by atoms with van der Waals surface area (Å²) in [6, 6.07) is 3.81. The van der Waals surface area contributed by atoms with Crippen LogP contribution in [0.4, 0.5) is 14.5 Å². The Bertz CT molecular complexity index is 552. The van der Waals surface area contributed by atoms with E-state index in [0.717, 1.165) is 0 Å². The quantitative estimate of drug-likeness (QED) is 0.877. The topological polar surface area (TPSA) is 75.6 Å². The molecule has 0 aromatic heterocycles. The molecule has 0 spiro atoms. The number of hydrogen-bond acceptors (Lipinski definition) is 3. The van der Waals surface area contributed by atoms with Crippen molar-refractivity contribution in [1.82, 2.24) is 0 Å². The van der Waals surface area contributed by atoms with Gasteiger partial charge in [-0.15, -0.1) is 0 Å². The maximum atomic E-state index is 12.0. The first kappa shape index (κ1) is 14.5. The van der Waals surface area contributed by atoms with E-state index < -0.39 is 30.3 Å². The lowest BCUT2D eigenvalue weighted by molar-refractivity contribution is -0.139. The molecule has 1 amide bonds. The van der Waals surface area contributed by atoms with Crippen LogP contribution in [0, 0.1) is 11.8 Å². The van der Waals surface area contributed by atoms with Gasteiger partial charge in [0.05, 0.1) is 16.9 Å². The fourth-order valence-electron chi connectivity index (χ4n) is 1.76. The molecule has 0 saturated heterocycles. The zero-order valence-corrected chi connectivity index (χ0v) is 10.7. The second-order valence-corrected chi connectivity index (χ2v) is 4.71. The van der Waals surface area contributed by atoms with Gasteiger partial charge in [-0.3, -0.25) is 9.59 Å². The summed E-state index contributed by atoms with van der Waals surface area (Å²) in [6.07, 6.45) is 0.293. The number of benzene rings is 1. The minimum absolute atomic E-state index is 0.0753. The van der Waals surface area contributed by atoms with E-state index in [4.69, 9.17) is 16.7 Å². The Hall–Kier alpha value is -1.89. The summed E-state index contributed by atoms with van der Waals surface area (Å²) in [7, 11) is 0. The molecule has 2 atom stereocenters. The molecule has 20 heavy (non-hydrogen) atoms. The largest absolute Gasteiger partial charge is 0.481 e. The van der Waals surface area contributed by atoms with Gasteiger partial charge in [-0.05, 0) is 24.6 Å². The van der Waals surface area contributed by atoms with Gasteiger partial charge >= 0.3 is 12.6 Å². The molecule has 1 aromatic carbocycles. The van der Waals surface area contributed by atoms with Crippen LogP contribution in [0.1, 0.15) is 6.42 Å². The molecule has 2 unspecified atom stereocenters. The Kier molecular flexibility index (Phi) is 4.08. The van der Waals surface area contributed by atoms with Crippen molar-refractivity contribution in [1.29, 1.82) is 0 Å². The minimum Gasteiger partial charge on any atom is -0.481 e. The first-order chi connectivity index (χ1) is 9.38. The average molecular weight is 306 g/mol. The Morgan fingerprint density at radius 1 is 1.40 bits per heavy atom. The van der Waals surface area contributed by atoms with Gasteiger partial charge in [0.1, 0.15) is 5.75 Å². The molecule has 1 fully saturated rings. The summed E-state index contributed by atoms with van der Waals surface area (Å²) in [6.45, 7) is -2.99. The third kappa shape index (κ3) is 3.36. The monoisotopic (exact) mass is 305 g/mol. The lowest BCUT2D eigenvalue weighted by atomic mass is 10.2. The van der Waals surface area contributed by atoms with Crippen molar-refractivity contribution in [2.75, 3.05) is 5.32 Å². The molecule has 2 rings (SSSR count). The number of amides is 1. The van der Waals surface area contributed by atoms with Crippen molar-refractivity contribution < 1.29 is 28.2 Å². The molecule has 2 N–H and O–H groups in total. The van der Waals surface area contributed by atoms with Crippen LogP contribution in [0.25, 0.3) is 0 Å². The third-order valence-corrected chi connectivity index (χ3v) is 3.16. The van der Waals surface area contributed by atoms with Gasteiger partial charge < -0.3 is 15.2 Å². The predicted octanol–water partition coefficient (Wildman–Crippen LogP) is 2.60. The normalized spacial score (nSPS) is 20.6. The highest BCUT2D eigenvalue weighted by Crippen LogP contribution is 2.39. The maximum Gasteiger partial charge on any atom is 0.387 e. The zero-order chi connectivity index (χ0) is 14.9. The highest BCUT2D eigenvalue weighted by molar-refractivity contribution is 6.32. The van der Waals surface area contributed by atoms with Gasteiger partial charge in [-0.1, -0.05) is 11.6 Å². The number of halogens is 3. The van der Waals surface area contributed by atoms with Crippen molar-refractivity contribution in [3.05, 3.63) is 23.2 Å². The number of carbonyl (C=O) groups is 2. The van der Waals surface area contributed by atoms with E-state index in [1.54, 1.807) is 0 Å². The van der Waals surface area contributed by atoms with E-state index in [9.17, 15) is 18.4 Å². The van der Waals surface area contributed by atoms with Crippen molar-refractivity contribution in [2.45, 2.75) is 13.0 Å². The molecule has 1 aliphatic rings. The molecular formula is C12H10ClF2NO4. The van der Waals surface area contributed by atoms with Crippen LogP contribution < -0.4 is 10.1 Å². The highest BCUT2D eigenvalue weighted by atomic mass is 35.5. The van der Waals surface area contributed by atoms with E-state index in [0.29, 0.717) is 6.42 Å². The van der Waals surface area contributed by atoms with Gasteiger partial charge in [-0.25, -0.2) is 0 Å². The number of carboxylic acid groups (broad SMARTS) is 1. The molecule has 1 aliphatic carbocycles. The minimum atomic E-state index is -2.99. The number of alkyl halides is 2. The Balaban J connectivity index is 1.99. The number of aliphatic carboxylic acids is 1. The van der Waals surface area contributed by atoms with Gasteiger partial charge in [0.2, 0.25) is 5.91 Å². The van der Waals surface area contributed by atoms with Crippen LogP contribution in [0.3, 0.4) is 0 Å². The first-order valence-electron chi connectivity index (χ1n) is 5.66.